The summed E-state index contributed by atoms with van der Waals surface area (Å²) in [5.74, 6) is -6.32. The highest BCUT2D eigenvalue weighted by molar-refractivity contribution is 8.00. The number of imide groups is 1. The lowest BCUT2D eigenvalue weighted by molar-refractivity contribution is -0.384. The number of ether oxygens (including phenoxy) is 4. The van der Waals surface area contributed by atoms with E-state index in [4.69, 9.17) is 18.9 Å². The zero-order valence-electron chi connectivity index (χ0n) is 22.8. The monoisotopic (exact) mass is 622 g/mol. The zero-order valence-corrected chi connectivity index (χ0v) is 23.6. The Hall–Kier alpha value is -4.51. The Bertz CT molecular complexity index is 1270. The van der Waals surface area contributed by atoms with Crippen molar-refractivity contribution in [2.24, 2.45) is 5.92 Å². The van der Waals surface area contributed by atoms with E-state index in [0.29, 0.717) is 10.5 Å². The van der Waals surface area contributed by atoms with Gasteiger partial charge in [-0.1, -0.05) is 12.7 Å². The molecule has 0 saturated carbocycles. The minimum absolute atomic E-state index is 0.0418. The first-order valence-corrected chi connectivity index (χ1v) is 13.9. The van der Waals surface area contributed by atoms with Gasteiger partial charge in [-0.05, 0) is 31.0 Å². The molecule has 0 spiro atoms. The highest BCUT2D eigenvalue weighted by Crippen LogP contribution is 2.38. The molecule has 16 nitrogen and oxygen atoms in total. The topological polar surface area (TPSA) is 221 Å². The summed E-state index contributed by atoms with van der Waals surface area (Å²) in [6.45, 7) is 4.58. The van der Waals surface area contributed by atoms with Crippen LogP contribution in [0.2, 0.25) is 0 Å². The second kappa shape index (κ2) is 15.1. The van der Waals surface area contributed by atoms with Gasteiger partial charge in [0.15, 0.2) is 5.78 Å². The van der Waals surface area contributed by atoms with E-state index < -0.39 is 70.2 Å². The summed E-state index contributed by atoms with van der Waals surface area (Å²) in [7, 11) is 0. The van der Waals surface area contributed by atoms with Crippen molar-refractivity contribution in [3.05, 3.63) is 52.6 Å². The molecule has 1 N–H and O–H groups in total. The number of nitro benzene ring substituents is 1. The Morgan fingerprint density at radius 3 is 2.56 bits per heavy atom. The van der Waals surface area contributed by atoms with Crippen molar-refractivity contribution in [2.75, 3.05) is 25.5 Å². The van der Waals surface area contributed by atoms with Gasteiger partial charge in [0, 0.05) is 31.0 Å². The van der Waals surface area contributed by atoms with Crippen LogP contribution in [0.3, 0.4) is 0 Å². The van der Waals surface area contributed by atoms with Gasteiger partial charge in [0.05, 0.1) is 22.1 Å². The number of β-lactam (4-membered cyclic amide) rings is 1. The largest absolute Gasteiger partial charge is 0.540 e. The van der Waals surface area contributed by atoms with Crippen molar-refractivity contribution in [1.82, 2.24) is 10.2 Å². The number of thioether (sulfide) groups is 1. The van der Waals surface area contributed by atoms with Crippen LogP contribution in [0.1, 0.15) is 18.9 Å². The number of non-ortho nitro benzene ring substituents is 1. The number of carbonyl (C=O) groups is 6. The Morgan fingerprint density at radius 1 is 1.23 bits per heavy atom. The molecule has 3 amide bonds. The molecule has 2 fully saturated rings. The van der Waals surface area contributed by atoms with Crippen LogP contribution in [0.5, 0.6) is 0 Å². The van der Waals surface area contributed by atoms with E-state index in [2.05, 4.69) is 11.9 Å². The summed E-state index contributed by atoms with van der Waals surface area (Å²) < 4.78 is 20.5. The number of nitrogens with one attached hydrogen (secondary N) is 1. The van der Waals surface area contributed by atoms with Crippen LogP contribution in [-0.2, 0) is 44.7 Å². The first-order chi connectivity index (χ1) is 20.5. The summed E-state index contributed by atoms with van der Waals surface area (Å²) >= 11 is 1.17. The number of nitro groups is 1. The smallest absolute Gasteiger partial charge is 0.508 e. The minimum Gasteiger partial charge on any atom is -0.540 e. The van der Waals surface area contributed by atoms with Crippen LogP contribution < -0.4 is 10.4 Å². The molecule has 0 aliphatic carbocycles. The van der Waals surface area contributed by atoms with Crippen LogP contribution in [0.25, 0.3) is 0 Å². The number of hydrogen-bond donors (Lipinski definition) is 1. The number of aliphatic carboxylic acids is 1. The number of carboxylic acids is 1. The number of likely N-dealkylation sites (tertiary alicyclic amines) is 1. The van der Waals surface area contributed by atoms with E-state index in [1.165, 1.54) is 49.0 Å². The van der Waals surface area contributed by atoms with Crippen molar-refractivity contribution < 1.29 is 57.7 Å². The van der Waals surface area contributed by atoms with Crippen molar-refractivity contribution in [2.45, 2.75) is 43.5 Å². The fourth-order valence-corrected chi connectivity index (χ4v) is 5.53. The van der Waals surface area contributed by atoms with E-state index in [9.17, 15) is 44.0 Å². The van der Waals surface area contributed by atoms with Gasteiger partial charge in [0.25, 0.3) is 11.6 Å². The number of amides is 3. The van der Waals surface area contributed by atoms with Crippen LogP contribution in [-0.4, -0.2) is 94.6 Å². The highest BCUT2D eigenvalue weighted by atomic mass is 32.2. The molecule has 1 aromatic rings. The molecule has 43 heavy (non-hydrogen) atoms. The third-order valence-electron chi connectivity index (χ3n) is 6.48. The number of carboxylic acid groups (broad SMARTS) is 1. The Kier molecular flexibility index (Phi) is 11.6. The lowest BCUT2D eigenvalue weighted by atomic mass is 9.77. The molecule has 0 bridgehead atoms. The summed E-state index contributed by atoms with van der Waals surface area (Å²) in [5.41, 5.74) is 0.445. The second-order valence-electron chi connectivity index (χ2n) is 9.26. The van der Waals surface area contributed by atoms with Crippen molar-refractivity contribution in [3.8, 4) is 0 Å². The number of nitrogens with zero attached hydrogens (tertiary/aromatic N) is 2. The molecule has 3 rings (SSSR count). The number of benzene rings is 1. The van der Waals surface area contributed by atoms with Gasteiger partial charge in [0.2, 0.25) is 5.91 Å². The maximum atomic E-state index is 13.3. The molecule has 232 valence electrons. The lowest BCUT2D eigenvalue weighted by Crippen LogP contribution is -2.74. The maximum Gasteiger partial charge on any atom is 0.508 e. The van der Waals surface area contributed by atoms with E-state index >= 15 is 0 Å². The Balaban J connectivity index is 1.55. The molecule has 5 atom stereocenters. The number of rotatable bonds is 12. The molecule has 2 aliphatic heterocycles. The number of ketones is 1. The van der Waals surface area contributed by atoms with Crippen molar-refractivity contribution in [1.29, 1.82) is 0 Å². The molecule has 5 unspecified atom stereocenters. The van der Waals surface area contributed by atoms with Gasteiger partial charge in [-0.25, -0.2) is 9.59 Å². The molecule has 2 heterocycles. The molecule has 0 aromatic heterocycles. The molecule has 17 heteroatoms. The predicted octanol–water partition coefficient (Wildman–Crippen LogP) is 0.112. The Labute approximate surface area is 248 Å². The average molecular weight is 623 g/mol. The fraction of sp³-hybridized carbons (Fsp3) is 0.462. The quantitative estimate of drug-likeness (QED) is 0.0622. The molecular weight excluding hydrogens is 594 g/mol. The molecule has 1 aromatic carbocycles. The standard InChI is InChI=1S/C26H29N3O13S/c1-3-10-40-26(36)42-14(2)18-19(28(22(18)31)23(32)24(33)34)21-20(30)17(8-11-39-21)43-12-9-27-25(35)41-13-15-4-6-16(7-5-15)29(37)38/h3-7,14,17-19,21H,1,8-13H2,2H3,(H,27,35)(H,33,34)/p-1. The number of alkyl carbamates (subject to hydrolysis) is 1. The van der Waals surface area contributed by atoms with Crippen molar-refractivity contribution in [3.63, 3.8) is 0 Å². The number of hydrogen-bond acceptors (Lipinski definition) is 14. The van der Waals surface area contributed by atoms with E-state index in [-0.39, 0.29) is 44.2 Å². The predicted molar refractivity (Wildman–Crippen MR) is 143 cm³/mol. The van der Waals surface area contributed by atoms with Crippen LogP contribution in [0.4, 0.5) is 15.3 Å². The average Bonchev–Trinajstić information content (AvgIpc) is 2.96. The van der Waals surface area contributed by atoms with Crippen molar-refractivity contribution >= 4 is 53.3 Å². The van der Waals surface area contributed by atoms with Crippen LogP contribution in [0, 0.1) is 16.0 Å². The third kappa shape index (κ3) is 8.29. The molecular formula is C26H28N3O13S-. The molecule has 0 radical (unpaired) electrons. The highest BCUT2D eigenvalue weighted by Gasteiger charge is 2.60. The summed E-state index contributed by atoms with van der Waals surface area (Å²) in [6.07, 6.45) is -2.92. The Morgan fingerprint density at radius 2 is 1.93 bits per heavy atom. The first kappa shape index (κ1) is 33.0. The second-order valence-corrected chi connectivity index (χ2v) is 10.6. The summed E-state index contributed by atoms with van der Waals surface area (Å²) in [6, 6.07) is 4.11. The summed E-state index contributed by atoms with van der Waals surface area (Å²) in [5, 5.41) is 23.8. The van der Waals surface area contributed by atoms with Gasteiger partial charge in [-0.3, -0.25) is 29.4 Å². The normalized spacial score (nSPS) is 22.0. The summed E-state index contributed by atoms with van der Waals surface area (Å²) in [4.78, 5) is 84.0. The van der Waals surface area contributed by atoms with Gasteiger partial charge in [-0.2, -0.15) is 0 Å². The van der Waals surface area contributed by atoms with Gasteiger partial charge >= 0.3 is 12.2 Å². The fourth-order valence-electron chi connectivity index (χ4n) is 4.46. The SMILES string of the molecule is C=CCOC(=O)OC(C)C1C(=O)N(C(=O)C(=O)[O-])C1C1OCCC(SCCNC(=O)OCc2ccc([N+](=O)[O-])cc2)C1=O. The van der Waals surface area contributed by atoms with E-state index in [0.717, 1.165) is 0 Å². The van der Waals surface area contributed by atoms with Crippen LogP contribution in [0.15, 0.2) is 36.9 Å². The minimum atomic E-state index is -2.16. The molecule has 2 aliphatic rings. The van der Waals surface area contributed by atoms with Gasteiger partial charge in [0.1, 0.15) is 31.4 Å². The van der Waals surface area contributed by atoms with E-state index in [1.54, 1.807) is 0 Å². The number of Topliss-reactive ketones (excluding diaryl/α,β-unsaturated/α-hetero) is 1. The lowest BCUT2D eigenvalue weighted by Gasteiger charge is -2.51. The van der Waals surface area contributed by atoms with Gasteiger partial charge < -0.3 is 34.2 Å². The third-order valence-corrected chi connectivity index (χ3v) is 7.79. The molecule has 2 saturated heterocycles. The van der Waals surface area contributed by atoms with E-state index in [1.807, 2.05) is 0 Å². The van der Waals surface area contributed by atoms with Gasteiger partial charge in [-0.15, -0.1) is 11.8 Å². The van der Waals surface area contributed by atoms with Crippen LogP contribution >= 0.6 is 11.8 Å². The zero-order chi connectivity index (χ0) is 31.7. The first-order valence-electron chi connectivity index (χ1n) is 12.9. The number of carbonyl (C=O) groups excluding carboxylic acids is 6. The maximum absolute atomic E-state index is 13.3.